The average molecular weight is 482 g/mol. The predicted octanol–water partition coefficient (Wildman–Crippen LogP) is 3.26. The Balaban J connectivity index is 1.40. The summed E-state index contributed by atoms with van der Waals surface area (Å²) in [5.41, 5.74) is 2.84. The Labute approximate surface area is 203 Å². The number of carbonyl (C=O) groups excluding carboxylic acids is 1. The second-order valence-corrected chi connectivity index (χ2v) is 9.29. The fourth-order valence-corrected chi connectivity index (χ4v) is 4.87. The number of hydrogen-bond acceptors (Lipinski definition) is 4. The summed E-state index contributed by atoms with van der Waals surface area (Å²) in [6, 6.07) is 11.1. The average Bonchev–Trinajstić information content (AvgIpc) is 3.39. The second-order valence-electron chi connectivity index (χ2n) is 9.29. The van der Waals surface area contributed by atoms with Gasteiger partial charge in [0.05, 0.1) is 24.2 Å². The van der Waals surface area contributed by atoms with E-state index >= 15 is 4.39 Å². The zero-order chi connectivity index (χ0) is 24.2. The van der Waals surface area contributed by atoms with Crippen molar-refractivity contribution in [2.24, 2.45) is 0 Å². The number of hydrogen-bond donors (Lipinski definition) is 1. The molecule has 8 heteroatoms. The van der Waals surface area contributed by atoms with E-state index in [2.05, 4.69) is 20.1 Å². The highest BCUT2D eigenvalue weighted by atomic mass is 19.1. The number of morpholine rings is 1. The molecule has 0 atom stereocenters. The third kappa shape index (κ3) is 5.66. The summed E-state index contributed by atoms with van der Waals surface area (Å²) >= 11 is 0. The minimum atomic E-state index is -0.414. The Morgan fingerprint density at radius 3 is 2.54 bits per heavy atom. The van der Waals surface area contributed by atoms with E-state index in [4.69, 9.17) is 4.74 Å². The molecule has 2 N–H and O–H groups in total. The summed E-state index contributed by atoms with van der Waals surface area (Å²) in [7, 11) is 0. The second kappa shape index (κ2) is 10.8. The molecule has 0 aliphatic carbocycles. The van der Waals surface area contributed by atoms with Crippen molar-refractivity contribution >= 4 is 16.8 Å². The van der Waals surface area contributed by atoms with Gasteiger partial charge in [-0.15, -0.1) is 0 Å². The molecule has 184 valence electrons. The highest BCUT2D eigenvalue weighted by Gasteiger charge is 2.21. The summed E-state index contributed by atoms with van der Waals surface area (Å²) < 4.78 is 34.4. The van der Waals surface area contributed by atoms with Crippen molar-refractivity contribution in [2.75, 3.05) is 52.5 Å². The molecule has 0 spiro atoms. The van der Waals surface area contributed by atoms with E-state index in [9.17, 15) is 9.18 Å². The van der Waals surface area contributed by atoms with Crippen LogP contribution in [0.1, 0.15) is 28.8 Å². The van der Waals surface area contributed by atoms with E-state index < -0.39 is 5.82 Å². The molecule has 2 aliphatic heterocycles. The standard InChI is InChI=1S/C27H30F2N4O2/c28-21-5-6-25-22(16-21)23(27(34)30-7-10-32-8-1-2-9-32)17-26(31-25)19-3-4-20(24(29)15-19)18-33-11-13-35-14-12-33/h3-6,15-17H,1-2,7-14,18H2,(H,30,34)/p+1. The number of carbonyl (C=O) groups is 1. The molecule has 2 saturated heterocycles. The van der Waals surface area contributed by atoms with Crippen LogP contribution in [0.25, 0.3) is 22.2 Å². The predicted molar refractivity (Wildman–Crippen MR) is 130 cm³/mol. The molecule has 3 aromatic rings. The molecule has 35 heavy (non-hydrogen) atoms. The lowest BCUT2D eigenvalue weighted by Gasteiger charge is -2.26. The largest absolute Gasteiger partial charge is 0.379 e. The number of halogens is 2. The van der Waals surface area contributed by atoms with Gasteiger partial charge in [-0.2, -0.15) is 0 Å². The molecule has 1 aromatic heterocycles. The van der Waals surface area contributed by atoms with Gasteiger partial charge in [0, 0.05) is 56.0 Å². The van der Waals surface area contributed by atoms with E-state index in [1.807, 2.05) is 6.07 Å². The molecule has 0 saturated carbocycles. The van der Waals surface area contributed by atoms with Crippen molar-refractivity contribution in [1.82, 2.24) is 15.1 Å². The number of aromatic nitrogens is 1. The third-order valence-electron chi connectivity index (χ3n) is 6.85. The lowest BCUT2D eigenvalue weighted by Crippen LogP contribution is -2.35. The van der Waals surface area contributed by atoms with E-state index in [1.165, 1.54) is 31.0 Å². The number of likely N-dealkylation sites (tertiary alicyclic amines) is 1. The van der Waals surface area contributed by atoms with Gasteiger partial charge in [0.25, 0.3) is 5.91 Å². The molecule has 0 radical (unpaired) electrons. The first-order chi connectivity index (χ1) is 17.1. The number of H-pyrrole nitrogens is 1. The van der Waals surface area contributed by atoms with Crippen molar-refractivity contribution in [3.63, 3.8) is 0 Å². The Bertz CT molecular complexity index is 1210. The van der Waals surface area contributed by atoms with Gasteiger partial charge in [-0.3, -0.25) is 9.69 Å². The van der Waals surface area contributed by atoms with E-state index in [-0.39, 0.29) is 11.7 Å². The highest BCUT2D eigenvalue weighted by molar-refractivity contribution is 6.06. The molecule has 5 rings (SSSR count). The lowest BCUT2D eigenvalue weighted by molar-refractivity contribution is -0.331. The Kier molecular flexibility index (Phi) is 7.32. The Morgan fingerprint density at radius 2 is 1.77 bits per heavy atom. The minimum absolute atomic E-state index is 0.264. The summed E-state index contributed by atoms with van der Waals surface area (Å²) in [4.78, 5) is 20.9. The third-order valence-corrected chi connectivity index (χ3v) is 6.85. The highest BCUT2D eigenvalue weighted by Crippen LogP contribution is 2.25. The van der Waals surface area contributed by atoms with Crippen LogP contribution >= 0.6 is 0 Å². The van der Waals surface area contributed by atoms with Crippen LogP contribution in [0.3, 0.4) is 0 Å². The molecule has 2 aromatic carbocycles. The molecule has 6 nitrogen and oxygen atoms in total. The van der Waals surface area contributed by atoms with Crippen LogP contribution in [0.4, 0.5) is 8.78 Å². The molecule has 2 fully saturated rings. The monoisotopic (exact) mass is 481 g/mol. The smallest absolute Gasteiger partial charge is 0.252 e. The summed E-state index contributed by atoms with van der Waals surface area (Å²) in [6.45, 7) is 6.85. The molecule has 3 heterocycles. The minimum Gasteiger partial charge on any atom is -0.379 e. The molecule has 2 aliphatic rings. The number of nitrogens with zero attached hydrogens (tertiary/aromatic N) is 2. The van der Waals surface area contributed by atoms with Crippen molar-refractivity contribution in [3.8, 4) is 11.3 Å². The van der Waals surface area contributed by atoms with Crippen LogP contribution in [-0.2, 0) is 11.3 Å². The molecular formula is C27H31F2N4O2+. The summed E-state index contributed by atoms with van der Waals surface area (Å²) in [5.74, 6) is -0.971. The maximum absolute atomic E-state index is 15.0. The maximum atomic E-state index is 15.0. The van der Waals surface area contributed by atoms with Crippen LogP contribution in [0.5, 0.6) is 0 Å². The molecule has 0 bridgehead atoms. The van der Waals surface area contributed by atoms with Crippen LogP contribution in [0.15, 0.2) is 42.5 Å². The van der Waals surface area contributed by atoms with Crippen LogP contribution in [-0.4, -0.2) is 68.2 Å². The molecule has 0 unspecified atom stereocenters. The van der Waals surface area contributed by atoms with Crippen molar-refractivity contribution in [1.29, 1.82) is 0 Å². The Hall–Kier alpha value is -2.94. The van der Waals surface area contributed by atoms with E-state index in [1.54, 1.807) is 18.2 Å². The number of benzene rings is 2. The van der Waals surface area contributed by atoms with E-state index in [0.29, 0.717) is 59.6 Å². The number of aromatic amines is 1. The molecule has 1 amide bonds. The fourth-order valence-electron chi connectivity index (χ4n) is 4.87. The number of nitrogens with one attached hydrogen (secondary N) is 2. The van der Waals surface area contributed by atoms with Gasteiger partial charge in [0.1, 0.15) is 11.6 Å². The van der Waals surface area contributed by atoms with Crippen molar-refractivity contribution in [2.45, 2.75) is 19.4 Å². The first kappa shape index (κ1) is 23.8. The lowest BCUT2D eigenvalue weighted by atomic mass is 10.0. The SMILES string of the molecule is O=C(NCCN1CCCC1)c1cc(-c2ccc(CN3CCOCC3)c(F)c2)[nH+]c2ccc(F)cc12. The number of amides is 1. The normalized spacial score (nSPS) is 17.2. The zero-order valence-electron chi connectivity index (χ0n) is 19.8. The van der Waals surface area contributed by atoms with Crippen molar-refractivity contribution < 1.29 is 23.3 Å². The van der Waals surface area contributed by atoms with Gasteiger partial charge >= 0.3 is 0 Å². The number of ether oxygens (including phenoxy) is 1. The van der Waals surface area contributed by atoms with Crippen molar-refractivity contribution in [3.05, 3.63) is 65.2 Å². The van der Waals surface area contributed by atoms with Crippen LogP contribution < -0.4 is 10.3 Å². The van der Waals surface area contributed by atoms with E-state index in [0.717, 1.165) is 32.7 Å². The first-order valence-corrected chi connectivity index (χ1v) is 12.3. The number of pyridine rings is 1. The number of rotatable bonds is 7. The van der Waals surface area contributed by atoms with Gasteiger partial charge in [0.15, 0.2) is 0 Å². The zero-order valence-corrected chi connectivity index (χ0v) is 19.8. The van der Waals surface area contributed by atoms with Gasteiger partial charge in [-0.25, -0.2) is 13.8 Å². The fraction of sp³-hybridized carbons (Fsp3) is 0.407. The van der Waals surface area contributed by atoms with Gasteiger partial charge in [-0.05, 0) is 50.2 Å². The summed E-state index contributed by atoms with van der Waals surface area (Å²) in [5, 5.41) is 3.47. The molecular weight excluding hydrogens is 450 g/mol. The summed E-state index contributed by atoms with van der Waals surface area (Å²) in [6.07, 6.45) is 2.38. The van der Waals surface area contributed by atoms with Gasteiger partial charge in [-0.1, -0.05) is 6.07 Å². The first-order valence-electron chi connectivity index (χ1n) is 12.3. The Morgan fingerprint density at radius 1 is 0.971 bits per heavy atom. The van der Waals surface area contributed by atoms with Crippen LogP contribution in [0, 0.1) is 11.6 Å². The quantitative estimate of drug-likeness (QED) is 0.563. The van der Waals surface area contributed by atoms with Gasteiger partial charge < -0.3 is 15.0 Å². The van der Waals surface area contributed by atoms with Crippen LogP contribution in [0.2, 0.25) is 0 Å². The topological polar surface area (TPSA) is 59.0 Å². The van der Waals surface area contributed by atoms with Gasteiger partial charge in [0.2, 0.25) is 11.2 Å². The number of fused-ring (bicyclic) bond motifs is 1. The maximum Gasteiger partial charge on any atom is 0.252 e.